The molecule has 38 heavy (non-hydrogen) atoms. The number of nitrogens with zero attached hydrogens (tertiary/aromatic N) is 5. The van der Waals surface area contributed by atoms with Crippen molar-refractivity contribution in [3.8, 4) is 0 Å². The standard InChI is InChI=1S/C29H38F2N6O/c1-18(2)33-27-28(37-12-10-36(11-13-37)17-20-8-9-21(30)14-22(20)31)35-25-16-32-24(15-23(25)34-27)26(29(3,4)38)19-6-5-7-19/h8-9,14-16,18-19,26,38H,5-7,10-13,17H2,1-4H3,(H,33,34). The van der Waals surface area contributed by atoms with Gasteiger partial charge in [-0.3, -0.25) is 9.88 Å². The van der Waals surface area contributed by atoms with Crippen LogP contribution in [0.3, 0.4) is 0 Å². The Bertz CT molecular complexity index is 1280. The van der Waals surface area contributed by atoms with Gasteiger partial charge >= 0.3 is 0 Å². The van der Waals surface area contributed by atoms with Gasteiger partial charge in [0.2, 0.25) is 0 Å². The van der Waals surface area contributed by atoms with Gasteiger partial charge in [0.1, 0.15) is 17.2 Å². The maximum atomic E-state index is 14.2. The van der Waals surface area contributed by atoms with Gasteiger partial charge in [-0.2, -0.15) is 0 Å². The third-order valence-corrected chi connectivity index (χ3v) is 7.76. The van der Waals surface area contributed by atoms with Crippen molar-refractivity contribution in [2.75, 3.05) is 36.4 Å². The van der Waals surface area contributed by atoms with Gasteiger partial charge in [-0.25, -0.2) is 18.7 Å². The molecule has 0 spiro atoms. The predicted molar refractivity (Wildman–Crippen MR) is 146 cm³/mol. The highest BCUT2D eigenvalue weighted by Gasteiger charge is 2.39. The number of benzene rings is 1. The average molecular weight is 525 g/mol. The molecular formula is C29H38F2N6O. The summed E-state index contributed by atoms with van der Waals surface area (Å²) in [6, 6.07) is 5.93. The van der Waals surface area contributed by atoms with E-state index in [9.17, 15) is 13.9 Å². The van der Waals surface area contributed by atoms with Crippen molar-refractivity contribution >= 4 is 22.7 Å². The molecule has 9 heteroatoms. The smallest absolute Gasteiger partial charge is 0.172 e. The number of hydrogen-bond donors (Lipinski definition) is 2. The molecule has 5 rings (SSSR count). The van der Waals surface area contributed by atoms with Gasteiger partial charge in [0.05, 0.1) is 17.3 Å². The number of piperazine rings is 1. The molecule has 2 fully saturated rings. The van der Waals surface area contributed by atoms with E-state index < -0.39 is 17.2 Å². The summed E-state index contributed by atoms with van der Waals surface area (Å²) in [5.74, 6) is 0.837. The monoisotopic (exact) mass is 524 g/mol. The molecule has 2 aliphatic rings. The first kappa shape index (κ1) is 26.7. The van der Waals surface area contributed by atoms with Gasteiger partial charge in [0, 0.05) is 62.0 Å². The lowest BCUT2D eigenvalue weighted by atomic mass is 9.68. The molecule has 1 aliphatic carbocycles. The molecular weight excluding hydrogens is 486 g/mol. The molecule has 1 saturated heterocycles. The number of aliphatic hydroxyl groups is 1. The van der Waals surface area contributed by atoms with Crippen LogP contribution in [0.4, 0.5) is 20.4 Å². The molecule has 3 aromatic rings. The Balaban J connectivity index is 1.38. The number of nitrogens with one attached hydrogen (secondary N) is 1. The van der Waals surface area contributed by atoms with E-state index in [0.29, 0.717) is 31.1 Å². The van der Waals surface area contributed by atoms with Crippen LogP contribution in [0.25, 0.3) is 11.0 Å². The predicted octanol–water partition coefficient (Wildman–Crippen LogP) is 5.10. The third kappa shape index (κ3) is 5.73. The Morgan fingerprint density at radius 2 is 1.79 bits per heavy atom. The maximum Gasteiger partial charge on any atom is 0.172 e. The van der Waals surface area contributed by atoms with Crippen molar-refractivity contribution in [3.05, 3.63) is 53.4 Å². The molecule has 1 atom stereocenters. The molecule has 2 aromatic heterocycles. The van der Waals surface area contributed by atoms with Crippen LogP contribution in [0.5, 0.6) is 0 Å². The van der Waals surface area contributed by atoms with E-state index >= 15 is 0 Å². The lowest BCUT2D eigenvalue weighted by Crippen LogP contribution is -2.46. The molecule has 204 valence electrons. The van der Waals surface area contributed by atoms with E-state index in [1.807, 2.05) is 19.9 Å². The first-order valence-corrected chi connectivity index (χ1v) is 13.7. The van der Waals surface area contributed by atoms with E-state index in [2.05, 4.69) is 29.0 Å². The second-order valence-electron chi connectivity index (χ2n) is 11.6. The fourth-order valence-electron chi connectivity index (χ4n) is 5.69. The Labute approximate surface area is 223 Å². The number of fused-ring (bicyclic) bond motifs is 1. The molecule has 1 saturated carbocycles. The van der Waals surface area contributed by atoms with Crippen LogP contribution in [0.2, 0.25) is 0 Å². The summed E-state index contributed by atoms with van der Waals surface area (Å²) in [6.07, 6.45) is 5.20. The topological polar surface area (TPSA) is 77.4 Å². The minimum Gasteiger partial charge on any atom is -0.390 e. The van der Waals surface area contributed by atoms with Gasteiger partial charge in [-0.15, -0.1) is 0 Å². The summed E-state index contributed by atoms with van der Waals surface area (Å²) >= 11 is 0. The lowest BCUT2D eigenvalue weighted by Gasteiger charge is -2.40. The zero-order valence-corrected chi connectivity index (χ0v) is 22.7. The van der Waals surface area contributed by atoms with E-state index in [1.54, 1.807) is 6.20 Å². The Hall–Kier alpha value is -2.91. The Kier molecular flexibility index (Phi) is 7.51. The van der Waals surface area contributed by atoms with Crippen LogP contribution in [0, 0.1) is 17.6 Å². The highest BCUT2D eigenvalue weighted by Crippen LogP contribution is 2.45. The quantitative estimate of drug-likeness (QED) is 0.425. The zero-order valence-electron chi connectivity index (χ0n) is 22.7. The molecule has 2 N–H and O–H groups in total. The normalized spacial score (nSPS) is 18.2. The van der Waals surface area contributed by atoms with Crippen LogP contribution in [0.1, 0.15) is 64.1 Å². The summed E-state index contributed by atoms with van der Waals surface area (Å²) < 4.78 is 27.4. The average Bonchev–Trinajstić information content (AvgIpc) is 2.82. The van der Waals surface area contributed by atoms with E-state index in [1.165, 1.54) is 18.6 Å². The minimum absolute atomic E-state index is 0.0392. The van der Waals surface area contributed by atoms with Crippen molar-refractivity contribution in [1.82, 2.24) is 19.9 Å². The van der Waals surface area contributed by atoms with Crippen molar-refractivity contribution in [2.45, 2.75) is 71.1 Å². The number of pyridine rings is 1. The largest absolute Gasteiger partial charge is 0.390 e. The van der Waals surface area contributed by atoms with Gasteiger partial charge < -0.3 is 15.3 Å². The van der Waals surface area contributed by atoms with Crippen molar-refractivity contribution in [3.63, 3.8) is 0 Å². The van der Waals surface area contributed by atoms with Crippen LogP contribution >= 0.6 is 0 Å². The summed E-state index contributed by atoms with van der Waals surface area (Å²) in [6.45, 7) is 11.2. The lowest BCUT2D eigenvalue weighted by molar-refractivity contribution is 0.00871. The maximum absolute atomic E-state index is 14.2. The SMILES string of the molecule is CC(C)Nc1nc2cc(C(C3CCC3)C(C)(C)O)ncc2nc1N1CCN(Cc2ccc(F)cc2F)CC1. The van der Waals surface area contributed by atoms with E-state index in [-0.39, 0.29) is 12.0 Å². The summed E-state index contributed by atoms with van der Waals surface area (Å²) in [4.78, 5) is 19.1. The molecule has 7 nitrogen and oxygen atoms in total. The van der Waals surface area contributed by atoms with Crippen molar-refractivity contribution < 1.29 is 13.9 Å². The summed E-state index contributed by atoms with van der Waals surface area (Å²) in [7, 11) is 0. The second kappa shape index (κ2) is 10.7. The van der Waals surface area contributed by atoms with Crippen LogP contribution in [0.15, 0.2) is 30.5 Å². The van der Waals surface area contributed by atoms with E-state index in [0.717, 1.165) is 60.4 Å². The molecule has 0 radical (unpaired) electrons. The molecule has 1 aromatic carbocycles. The molecule has 1 aliphatic heterocycles. The molecule has 0 amide bonds. The van der Waals surface area contributed by atoms with Gasteiger partial charge in [-0.05, 0) is 58.6 Å². The second-order valence-corrected chi connectivity index (χ2v) is 11.6. The van der Waals surface area contributed by atoms with Gasteiger partial charge in [0.15, 0.2) is 11.6 Å². The number of anilines is 2. The zero-order chi connectivity index (χ0) is 27.0. The number of aromatic nitrogens is 3. The first-order valence-electron chi connectivity index (χ1n) is 13.7. The van der Waals surface area contributed by atoms with Crippen molar-refractivity contribution in [2.24, 2.45) is 5.92 Å². The molecule has 3 heterocycles. The molecule has 0 bridgehead atoms. The Morgan fingerprint density at radius 3 is 2.39 bits per heavy atom. The third-order valence-electron chi connectivity index (χ3n) is 7.76. The number of halogens is 2. The highest BCUT2D eigenvalue weighted by molar-refractivity contribution is 5.80. The van der Waals surface area contributed by atoms with Crippen molar-refractivity contribution in [1.29, 1.82) is 0 Å². The van der Waals surface area contributed by atoms with E-state index in [4.69, 9.17) is 15.0 Å². The van der Waals surface area contributed by atoms with Crippen LogP contribution < -0.4 is 10.2 Å². The Morgan fingerprint density at radius 1 is 1.05 bits per heavy atom. The van der Waals surface area contributed by atoms with Crippen LogP contribution in [-0.2, 0) is 6.54 Å². The van der Waals surface area contributed by atoms with Gasteiger partial charge in [0.25, 0.3) is 0 Å². The fraction of sp³-hybridized carbons (Fsp3) is 0.552. The first-order chi connectivity index (χ1) is 18.1. The van der Waals surface area contributed by atoms with Crippen LogP contribution in [-0.4, -0.2) is 62.8 Å². The fourth-order valence-corrected chi connectivity index (χ4v) is 5.69. The minimum atomic E-state index is -0.866. The number of rotatable bonds is 8. The summed E-state index contributed by atoms with van der Waals surface area (Å²) in [5, 5.41) is 14.4. The van der Waals surface area contributed by atoms with Gasteiger partial charge in [-0.1, -0.05) is 12.5 Å². The number of hydrogen-bond acceptors (Lipinski definition) is 7. The highest BCUT2D eigenvalue weighted by atomic mass is 19.1. The summed E-state index contributed by atoms with van der Waals surface area (Å²) in [5.41, 5.74) is 1.99. The molecule has 1 unspecified atom stereocenters.